The average molecular weight is 447 g/mol. The molecule has 0 radical (unpaired) electrons. The number of hydrogen-bond acceptors (Lipinski definition) is 3. The maximum Gasteiger partial charge on any atom is 0.398 e. The molecule has 29 heavy (non-hydrogen) atoms. The molecule has 1 unspecified atom stereocenters. The van der Waals surface area contributed by atoms with Gasteiger partial charge in [-0.3, -0.25) is 4.90 Å². The van der Waals surface area contributed by atoms with Gasteiger partial charge in [0.05, 0.1) is 11.4 Å². The van der Waals surface area contributed by atoms with Gasteiger partial charge in [-0.2, -0.15) is 13.2 Å². The number of thioether (sulfide) groups is 1. The van der Waals surface area contributed by atoms with E-state index in [1.807, 2.05) is 29.2 Å². The topological polar surface area (TPSA) is 6.48 Å². The second-order valence-corrected chi connectivity index (χ2v) is 8.68. The van der Waals surface area contributed by atoms with Crippen LogP contribution in [0.5, 0.6) is 0 Å². The molecule has 0 saturated carbocycles. The zero-order valence-corrected chi connectivity index (χ0v) is 17.8. The first-order chi connectivity index (χ1) is 13.6. The number of piperazine rings is 1. The molecule has 0 N–H and O–H groups in total. The summed E-state index contributed by atoms with van der Waals surface area (Å²) in [6.45, 7) is 6.46. The number of benzene rings is 2. The summed E-state index contributed by atoms with van der Waals surface area (Å²) in [6, 6.07) is 10.8. The van der Waals surface area contributed by atoms with Gasteiger partial charge in [-0.15, -0.1) is 11.8 Å². The zero-order chi connectivity index (χ0) is 21.2. The van der Waals surface area contributed by atoms with E-state index < -0.39 is 17.7 Å². The highest BCUT2D eigenvalue weighted by molar-refractivity contribution is 7.99. The van der Waals surface area contributed by atoms with Crippen LogP contribution in [-0.4, -0.2) is 43.0 Å². The fraction of sp³-hybridized carbons (Fsp3) is 0.429. The van der Waals surface area contributed by atoms with Crippen molar-refractivity contribution in [3.8, 4) is 0 Å². The van der Waals surface area contributed by atoms with E-state index in [0.717, 1.165) is 18.7 Å². The van der Waals surface area contributed by atoms with Crippen LogP contribution >= 0.6 is 23.4 Å². The lowest BCUT2D eigenvalue weighted by Crippen LogP contribution is -2.47. The van der Waals surface area contributed by atoms with E-state index in [1.54, 1.807) is 13.0 Å². The molecule has 1 heterocycles. The summed E-state index contributed by atoms with van der Waals surface area (Å²) in [7, 11) is 0. The Kier molecular flexibility index (Phi) is 7.02. The number of aryl methyl sites for hydroxylation is 1. The lowest BCUT2D eigenvalue weighted by Gasteiger charge is -2.39. The molecule has 0 aliphatic carbocycles. The average Bonchev–Trinajstić information content (AvgIpc) is 2.67. The van der Waals surface area contributed by atoms with Gasteiger partial charge in [0.2, 0.25) is 0 Å². The number of alkyl halides is 3. The Morgan fingerprint density at radius 1 is 1.07 bits per heavy atom. The Morgan fingerprint density at radius 3 is 2.28 bits per heavy atom. The van der Waals surface area contributed by atoms with Gasteiger partial charge < -0.3 is 4.90 Å². The van der Waals surface area contributed by atoms with E-state index in [0.29, 0.717) is 46.0 Å². The molecule has 1 aliphatic rings. The van der Waals surface area contributed by atoms with Crippen molar-refractivity contribution in [2.24, 2.45) is 0 Å². The third-order valence-corrected chi connectivity index (χ3v) is 6.67. The largest absolute Gasteiger partial charge is 0.398 e. The number of halogens is 5. The highest BCUT2D eigenvalue weighted by Gasteiger charge is 2.28. The van der Waals surface area contributed by atoms with E-state index in [-0.39, 0.29) is 6.04 Å². The fourth-order valence-electron chi connectivity index (χ4n) is 3.50. The Hall–Kier alpha value is -1.44. The Morgan fingerprint density at radius 2 is 1.69 bits per heavy atom. The van der Waals surface area contributed by atoms with Crippen LogP contribution in [0.2, 0.25) is 5.02 Å². The van der Waals surface area contributed by atoms with Crippen molar-refractivity contribution in [3.05, 3.63) is 58.4 Å². The van der Waals surface area contributed by atoms with Gasteiger partial charge in [-0.25, -0.2) is 4.39 Å². The lowest BCUT2D eigenvalue weighted by atomic mass is 10.1. The van der Waals surface area contributed by atoms with Crippen molar-refractivity contribution in [1.82, 2.24) is 4.90 Å². The van der Waals surface area contributed by atoms with Crippen LogP contribution in [0.4, 0.5) is 23.2 Å². The summed E-state index contributed by atoms with van der Waals surface area (Å²) in [6.07, 6.45) is -4.25. The first kappa shape index (κ1) is 22.2. The highest BCUT2D eigenvalue weighted by atomic mass is 35.5. The van der Waals surface area contributed by atoms with E-state index in [2.05, 4.69) is 11.8 Å². The molecule has 3 rings (SSSR count). The smallest absolute Gasteiger partial charge is 0.367 e. The minimum Gasteiger partial charge on any atom is -0.367 e. The number of rotatable bonds is 5. The predicted octanol–water partition coefficient (Wildman–Crippen LogP) is 6.33. The van der Waals surface area contributed by atoms with Gasteiger partial charge in [0.15, 0.2) is 0 Å². The van der Waals surface area contributed by atoms with Crippen LogP contribution in [0.1, 0.15) is 24.1 Å². The third kappa shape index (κ3) is 5.80. The Bertz CT molecular complexity index is 834. The maximum absolute atomic E-state index is 14.5. The summed E-state index contributed by atoms with van der Waals surface area (Å²) in [5, 5.41) is 0.694. The van der Waals surface area contributed by atoms with Crippen LogP contribution in [0, 0.1) is 12.7 Å². The first-order valence-electron chi connectivity index (χ1n) is 9.38. The molecule has 0 spiro atoms. The second-order valence-electron chi connectivity index (χ2n) is 7.22. The molecule has 2 nitrogen and oxygen atoms in total. The quantitative estimate of drug-likeness (QED) is 0.391. The molecule has 8 heteroatoms. The van der Waals surface area contributed by atoms with Gasteiger partial charge in [0, 0.05) is 42.1 Å². The monoisotopic (exact) mass is 446 g/mol. The van der Waals surface area contributed by atoms with E-state index in [1.165, 1.54) is 6.07 Å². The third-order valence-electron chi connectivity index (χ3n) is 5.19. The summed E-state index contributed by atoms with van der Waals surface area (Å²) in [4.78, 5) is 4.69. The molecular formula is C21H23ClF4N2S. The molecule has 1 aliphatic heterocycles. The molecule has 158 valence electrons. The molecular weight excluding hydrogens is 424 g/mol. The molecule has 2 aromatic rings. The maximum atomic E-state index is 14.5. The van der Waals surface area contributed by atoms with Gasteiger partial charge >= 0.3 is 6.18 Å². The van der Waals surface area contributed by atoms with Crippen LogP contribution in [-0.2, 0) is 0 Å². The van der Waals surface area contributed by atoms with Crippen molar-refractivity contribution < 1.29 is 17.6 Å². The molecule has 0 bridgehead atoms. The zero-order valence-electron chi connectivity index (χ0n) is 16.3. The van der Waals surface area contributed by atoms with Gasteiger partial charge in [-0.05, 0) is 49.2 Å². The van der Waals surface area contributed by atoms with Crippen LogP contribution < -0.4 is 4.90 Å². The molecule has 1 saturated heterocycles. The normalized spacial score (nSPS) is 16.9. The predicted molar refractivity (Wildman–Crippen MR) is 112 cm³/mol. The van der Waals surface area contributed by atoms with Crippen LogP contribution in [0.3, 0.4) is 0 Å². The number of hydrogen-bond donors (Lipinski definition) is 0. The summed E-state index contributed by atoms with van der Waals surface area (Å²) in [5.41, 5.74) is 2.06. The summed E-state index contributed by atoms with van der Waals surface area (Å²) >= 11 is 6.66. The molecule has 1 fully saturated rings. The summed E-state index contributed by atoms with van der Waals surface area (Å²) < 4.78 is 52.3. The van der Waals surface area contributed by atoms with E-state index in [9.17, 15) is 17.6 Å². The molecule has 1 atom stereocenters. The second kappa shape index (κ2) is 9.14. The van der Waals surface area contributed by atoms with Crippen molar-refractivity contribution in [2.75, 3.05) is 36.8 Å². The SMILES string of the molecule is Cc1cc(F)c(N2CCN(C(C)c3ccc(Cl)cc3)CC2)cc1SCC(F)(F)F. The van der Waals surface area contributed by atoms with Crippen molar-refractivity contribution in [2.45, 2.75) is 31.0 Å². The van der Waals surface area contributed by atoms with Gasteiger partial charge in [0.1, 0.15) is 5.82 Å². The fourth-order valence-corrected chi connectivity index (χ4v) is 4.43. The minimum atomic E-state index is -4.25. The Labute approximate surface area is 177 Å². The van der Waals surface area contributed by atoms with E-state index in [4.69, 9.17) is 11.6 Å². The van der Waals surface area contributed by atoms with Crippen molar-refractivity contribution in [1.29, 1.82) is 0 Å². The van der Waals surface area contributed by atoms with Crippen molar-refractivity contribution in [3.63, 3.8) is 0 Å². The molecule has 0 aromatic heterocycles. The van der Waals surface area contributed by atoms with Crippen molar-refractivity contribution >= 4 is 29.1 Å². The Balaban J connectivity index is 1.67. The number of nitrogens with zero attached hydrogens (tertiary/aromatic N) is 2. The van der Waals surface area contributed by atoms with E-state index >= 15 is 0 Å². The first-order valence-corrected chi connectivity index (χ1v) is 10.7. The summed E-state index contributed by atoms with van der Waals surface area (Å²) in [5.74, 6) is -1.37. The van der Waals surface area contributed by atoms with Gasteiger partial charge in [0.25, 0.3) is 0 Å². The lowest BCUT2D eigenvalue weighted by molar-refractivity contribution is -0.105. The van der Waals surface area contributed by atoms with Gasteiger partial charge in [-0.1, -0.05) is 23.7 Å². The van der Waals surface area contributed by atoms with Crippen LogP contribution in [0.25, 0.3) is 0 Å². The number of anilines is 1. The minimum absolute atomic E-state index is 0.204. The highest BCUT2D eigenvalue weighted by Crippen LogP contribution is 2.34. The molecule has 0 amide bonds. The van der Waals surface area contributed by atoms with Crippen LogP contribution in [0.15, 0.2) is 41.3 Å². The standard InChI is InChI=1S/C21H23ClF4N2S/c1-14-11-18(23)19(12-20(14)29-13-21(24,25)26)28-9-7-27(8-10-28)15(2)16-3-5-17(22)6-4-16/h3-6,11-12,15H,7-10,13H2,1-2H3. The molecule has 2 aromatic carbocycles.